The Morgan fingerprint density at radius 1 is 0.939 bits per heavy atom. The first-order chi connectivity index (χ1) is 15.7. The van der Waals surface area contributed by atoms with E-state index in [-0.39, 0.29) is 18.9 Å². The molecule has 0 aliphatic carbocycles. The number of aliphatic carboxylic acids is 1. The molecule has 0 bridgehead atoms. The van der Waals surface area contributed by atoms with Crippen molar-refractivity contribution in [2.24, 2.45) is 17.4 Å². The minimum atomic E-state index is -1.17. The quantitative estimate of drug-likeness (QED) is 0.197. The van der Waals surface area contributed by atoms with Gasteiger partial charge in [0.15, 0.2) is 0 Å². The third kappa shape index (κ3) is 10.0. The van der Waals surface area contributed by atoms with Gasteiger partial charge in [-0.05, 0) is 37.3 Å². The zero-order valence-corrected chi connectivity index (χ0v) is 19.4. The van der Waals surface area contributed by atoms with Crippen LogP contribution in [0.15, 0.2) is 30.3 Å². The second-order valence-electron chi connectivity index (χ2n) is 8.07. The molecule has 3 amide bonds. The summed E-state index contributed by atoms with van der Waals surface area (Å²) in [5.74, 6) is -3.04. The van der Waals surface area contributed by atoms with Crippen molar-refractivity contribution in [3.8, 4) is 0 Å². The second-order valence-corrected chi connectivity index (χ2v) is 8.07. The topological polar surface area (TPSA) is 177 Å². The normalized spacial score (nSPS) is 14.4. The van der Waals surface area contributed by atoms with Crippen LogP contribution in [0.4, 0.5) is 0 Å². The van der Waals surface area contributed by atoms with E-state index in [1.165, 1.54) is 0 Å². The van der Waals surface area contributed by atoms with E-state index in [1.54, 1.807) is 31.2 Å². The molecule has 10 nitrogen and oxygen atoms in total. The summed E-state index contributed by atoms with van der Waals surface area (Å²) in [5, 5.41) is 17.4. The summed E-state index contributed by atoms with van der Waals surface area (Å²) < 4.78 is 0. The number of carboxylic acid groups (broad SMARTS) is 1. The Labute approximate surface area is 194 Å². The van der Waals surface area contributed by atoms with E-state index in [1.807, 2.05) is 13.0 Å². The summed E-state index contributed by atoms with van der Waals surface area (Å²) in [7, 11) is 0. The molecule has 0 aliphatic heterocycles. The summed E-state index contributed by atoms with van der Waals surface area (Å²) in [6.07, 6.45) is 2.31. The van der Waals surface area contributed by atoms with Crippen LogP contribution in [0.1, 0.15) is 45.1 Å². The smallest absolute Gasteiger partial charge is 0.326 e. The van der Waals surface area contributed by atoms with Crippen molar-refractivity contribution in [1.82, 2.24) is 16.0 Å². The van der Waals surface area contributed by atoms with Crippen LogP contribution in [0.5, 0.6) is 0 Å². The van der Waals surface area contributed by atoms with Crippen LogP contribution in [-0.2, 0) is 25.6 Å². The zero-order valence-electron chi connectivity index (χ0n) is 19.4. The maximum absolute atomic E-state index is 13.0. The molecule has 0 radical (unpaired) electrons. The molecule has 0 aliphatic rings. The number of carbonyl (C=O) groups excluding carboxylic acids is 3. The van der Waals surface area contributed by atoms with Crippen molar-refractivity contribution in [3.63, 3.8) is 0 Å². The predicted molar refractivity (Wildman–Crippen MR) is 125 cm³/mol. The Balaban J connectivity index is 2.96. The fourth-order valence-electron chi connectivity index (χ4n) is 3.28. The van der Waals surface area contributed by atoms with E-state index in [9.17, 15) is 24.3 Å². The summed E-state index contributed by atoms with van der Waals surface area (Å²) in [6, 6.07) is 5.97. The third-order valence-corrected chi connectivity index (χ3v) is 5.47. The average Bonchev–Trinajstić information content (AvgIpc) is 2.81. The number of amides is 3. The third-order valence-electron chi connectivity index (χ3n) is 5.47. The lowest BCUT2D eigenvalue weighted by Gasteiger charge is -2.27. The Hall–Kier alpha value is -2.98. The average molecular weight is 464 g/mol. The summed E-state index contributed by atoms with van der Waals surface area (Å²) in [6.45, 7) is 3.84. The first-order valence-corrected chi connectivity index (χ1v) is 11.3. The first kappa shape index (κ1) is 28.1. The van der Waals surface area contributed by atoms with Crippen molar-refractivity contribution < 1.29 is 24.3 Å². The Morgan fingerprint density at radius 3 is 2.15 bits per heavy atom. The molecule has 0 saturated carbocycles. The van der Waals surface area contributed by atoms with Gasteiger partial charge in [-0.25, -0.2) is 4.79 Å². The molecule has 0 saturated heterocycles. The van der Waals surface area contributed by atoms with Gasteiger partial charge in [-0.2, -0.15) is 0 Å². The lowest BCUT2D eigenvalue weighted by atomic mass is 9.96. The van der Waals surface area contributed by atoms with Gasteiger partial charge in [-0.1, -0.05) is 50.6 Å². The number of nitrogens with one attached hydrogen (secondary N) is 3. The molecule has 8 N–H and O–H groups in total. The van der Waals surface area contributed by atoms with E-state index in [4.69, 9.17) is 11.5 Å². The van der Waals surface area contributed by atoms with Gasteiger partial charge in [0.1, 0.15) is 18.1 Å². The van der Waals surface area contributed by atoms with Gasteiger partial charge in [0.25, 0.3) is 0 Å². The molecule has 0 heterocycles. The van der Waals surface area contributed by atoms with Gasteiger partial charge in [-0.15, -0.1) is 0 Å². The molecule has 184 valence electrons. The zero-order chi connectivity index (χ0) is 24.8. The second kappa shape index (κ2) is 15.0. The molecule has 1 rings (SSSR count). The number of rotatable bonds is 15. The Bertz CT molecular complexity index is 774. The minimum Gasteiger partial charge on any atom is -0.480 e. The van der Waals surface area contributed by atoms with Gasteiger partial charge in [0.2, 0.25) is 17.7 Å². The number of carbonyl (C=O) groups is 4. The van der Waals surface area contributed by atoms with E-state index in [0.717, 1.165) is 5.56 Å². The van der Waals surface area contributed by atoms with E-state index in [0.29, 0.717) is 32.2 Å². The van der Waals surface area contributed by atoms with Crippen LogP contribution in [0.25, 0.3) is 0 Å². The lowest BCUT2D eigenvalue weighted by Crippen LogP contribution is -2.58. The standard InChI is InChI=1S/C23H37N5O5/c1-3-15(2)20(28-21(30)17(11-7-8-12-24)26-19(29)14-25)22(31)27-18(23(32)33)13-16-9-5-4-6-10-16/h4-6,9-10,15,17-18,20H,3,7-8,11-14,24-25H2,1-2H3,(H,26,29)(H,27,31)(H,28,30)(H,32,33). The van der Waals surface area contributed by atoms with Crippen molar-refractivity contribution in [3.05, 3.63) is 35.9 Å². The van der Waals surface area contributed by atoms with E-state index < -0.39 is 41.8 Å². The molecule has 1 aromatic rings. The van der Waals surface area contributed by atoms with Gasteiger partial charge in [0, 0.05) is 6.42 Å². The molecular formula is C23H37N5O5. The molecule has 1 aromatic carbocycles. The van der Waals surface area contributed by atoms with Crippen molar-refractivity contribution in [2.45, 2.75) is 64.1 Å². The number of hydrogen-bond acceptors (Lipinski definition) is 6. The molecule has 4 atom stereocenters. The summed E-state index contributed by atoms with van der Waals surface area (Å²) >= 11 is 0. The predicted octanol–water partition coefficient (Wildman–Crippen LogP) is -0.0981. The first-order valence-electron chi connectivity index (χ1n) is 11.3. The minimum absolute atomic E-state index is 0.108. The summed E-state index contributed by atoms with van der Waals surface area (Å²) in [5.41, 5.74) is 11.6. The van der Waals surface area contributed by atoms with Crippen LogP contribution in [-0.4, -0.2) is 60.0 Å². The van der Waals surface area contributed by atoms with E-state index >= 15 is 0 Å². The van der Waals surface area contributed by atoms with Crippen LogP contribution >= 0.6 is 0 Å². The maximum atomic E-state index is 13.0. The number of carboxylic acids is 1. The van der Waals surface area contributed by atoms with Gasteiger partial charge in [0.05, 0.1) is 6.54 Å². The van der Waals surface area contributed by atoms with Crippen molar-refractivity contribution in [1.29, 1.82) is 0 Å². The number of unbranched alkanes of at least 4 members (excludes halogenated alkanes) is 1. The number of nitrogens with two attached hydrogens (primary N) is 2. The fourth-order valence-corrected chi connectivity index (χ4v) is 3.28. The highest BCUT2D eigenvalue weighted by Gasteiger charge is 2.32. The van der Waals surface area contributed by atoms with Gasteiger partial charge in [-0.3, -0.25) is 14.4 Å². The largest absolute Gasteiger partial charge is 0.480 e. The molecule has 33 heavy (non-hydrogen) atoms. The molecule has 10 heteroatoms. The van der Waals surface area contributed by atoms with Gasteiger partial charge < -0.3 is 32.5 Å². The number of benzene rings is 1. The highest BCUT2D eigenvalue weighted by molar-refractivity contribution is 5.93. The molecule has 4 unspecified atom stereocenters. The monoisotopic (exact) mass is 463 g/mol. The Kier molecular flexibility index (Phi) is 12.7. The van der Waals surface area contributed by atoms with Crippen molar-refractivity contribution in [2.75, 3.05) is 13.1 Å². The molecular weight excluding hydrogens is 426 g/mol. The number of hydrogen-bond donors (Lipinski definition) is 6. The molecule has 0 spiro atoms. The molecule has 0 aromatic heterocycles. The SMILES string of the molecule is CCC(C)C(NC(=O)C(CCCCN)NC(=O)CN)C(=O)NC(Cc1ccccc1)C(=O)O. The van der Waals surface area contributed by atoms with Crippen LogP contribution < -0.4 is 27.4 Å². The maximum Gasteiger partial charge on any atom is 0.326 e. The highest BCUT2D eigenvalue weighted by Crippen LogP contribution is 2.11. The Morgan fingerprint density at radius 2 is 1.61 bits per heavy atom. The fraction of sp³-hybridized carbons (Fsp3) is 0.565. The van der Waals surface area contributed by atoms with E-state index in [2.05, 4.69) is 16.0 Å². The highest BCUT2D eigenvalue weighted by atomic mass is 16.4. The summed E-state index contributed by atoms with van der Waals surface area (Å²) in [4.78, 5) is 49.5. The van der Waals surface area contributed by atoms with Crippen LogP contribution in [0.3, 0.4) is 0 Å². The van der Waals surface area contributed by atoms with Crippen molar-refractivity contribution >= 4 is 23.7 Å². The van der Waals surface area contributed by atoms with Crippen LogP contribution in [0, 0.1) is 5.92 Å². The lowest BCUT2D eigenvalue weighted by molar-refractivity contribution is -0.142. The van der Waals surface area contributed by atoms with Gasteiger partial charge >= 0.3 is 5.97 Å². The van der Waals surface area contributed by atoms with Crippen LogP contribution in [0.2, 0.25) is 0 Å². The molecule has 0 fully saturated rings.